The van der Waals surface area contributed by atoms with E-state index in [2.05, 4.69) is 12.2 Å². The maximum Gasteiger partial charge on any atom is 0.0731 e. The van der Waals surface area contributed by atoms with Gasteiger partial charge in [-0.2, -0.15) is 0 Å². The summed E-state index contributed by atoms with van der Waals surface area (Å²) in [6.07, 6.45) is 3.72. The van der Waals surface area contributed by atoms with E-state index >= 15 is 0 Å². The van der Waals surface area contributed by atoms with Gasteiger partial charge in [0.05, 0.1) is 5.60 Å². The van der Waals surface area contributed by atoms with E-state index in [1.54, 1.807) is 0 Å². The lowest BCUT2D eigenvalue weighted by Gasteiger charge is -2.69. The number of rotatable bonds is 3. The summed E-state index contributed by atoms with van der Waals surface area (Å²) in [6, 6.07) is 0. The Morgan fingerprint density at radius 2 is 2.00 bits per heavy atom. The van der Waals surface area contributed by atoms with Crippen LogP contribution in [0.15, 0.2) is 0 Å². The second-order valence-electron chi connectivity index (χ2n) is 3.73. The van der Waals surface area contributed by atoms with E-state index < -0.39 is 0 Å². The van der Waals surface area contributed by atoms with Gasteiger partial charge in [-0.1, -0.05) is 6.92 Å². The third-order valence-electron chi connectivity index (χ3n) is 2.97. The molecule has 0 spiro atoms. The van der Waals surface area contributed by atoms with Crippen LogP contribution in [0.3, 0.4) is 0 Å². The highest BCUT2D eigenvalue weighted by molar-refractivity contribution is 5.25. The molecule has 1 N–H and O–H groups in total. The SMILES string of the molecule is CCNC12CC(OC)(C1)C2. The van der Waals surface area contributed by atoms with Crippen LogP contribution >= 0.6 is 0 Å². The molecule has 3 saturated carbocycles. The molecule has 0 aliphatic heterocycles. The van der Waals surface area contributed by atoms with Crippen LogP contribution < -0.4 is 5.32 Å². The fourth-order valence-corrected chi connectivity index (χ4v) is 2.47. The minimum atomic E-state index is 0.308. The van der Waals surface area contributed by atoms with E-state index in [9.17, 15) is 0 Å². The number of ether oxygens (including phenoxy) is 1. The van der Waals surface area contributed by atoms with Crippen LogP contribution in [-0.4, -0.2) is 24.8 Å². The van der Waals surface area contributed by atoms with Crippen molar-refractivity contribution in [2.24, 2.45) is 0 Å². The number of hydrogen-bond acceptors (Lipinski definition) is 2. The standard InChI is InChI=1S/C8H15NO/c1-3-9-7-4-8(5-7,6-7)10-2/h9H,3-6H2,1-2H3. The first-order valence-electron chi connectivity index (χ1n) is 4.04. The molecule has 0 amide bonds. The Hall–Kier alpha value is -0.0800. The van der Waals surface area contributed by atoms with E-state index in [0.717, 1.165) is 6.54 Å². The van der Waals surface area contributed by atoms with Crippen LogP contribution in [0.25, 0.3) is 0 Å². The number of nitrogens with one attached hydrogen (secondary N) is 1. The van der Waals surface area contributed by atoms with Crippen LogP contribution in [0.5, 0.6) is 0 Å². The van der Waals surface area contributed by atoms with E-state index in [1.807, 2.05) is 7.11 Å². The Kier molecular flexibility index (Phi) is 1.15. The lowest BCUT2D eigenvalue weighted by Crippen LogP contribution is -2.78. The molecule has 0 aromatic rings. The second kappa shape index (κ2) is 1.74. The molecule has 10 heavy (non-hydrogen) atoms. The van der Waals surface area contributed by atoms with Crippen molar-refractivity contribution in [2.45, 2.75) is 37.3 Å². The molecule has 0 aromatic heterocycles. The molecule has 0 heterocycles. The van der Waals surface area contributed by atoms with E-state index in [1.165, 1.54) is 19.3 Å². The summed E-state index contributed by atoms with van der Waals surface area (Å²) >= 11 is 0. The quantitative estimate of drug-likeness (QED) is 0.631. The highest BCUT2D eigenvalue weighted by atomic mass is 16.5. The lowest BCUT2D eigenvalue weighted by atomic mass is 9.46. The minimum Gasteiger partial charge on any atom is -0.378 e. The van der Waals surface area contributed by atoms with Gasteiger partial charge in [-0.15, -0.1) is 0 Å². The van der Waals surface area contributed by atoms with Gasteiger partial charge in [0.2, 0.25) is 0 Å². The molecule has 0 unspecified atom stereocenters. The van der Waals surface area contributed by atoms with Crippen molar-refractivity contribution in [1.82, 2.24) is 5.32 Å². The van der Waals surface area contributed by atoms with Gasteiger partial charge in [-0.05, 0) is 25.8 Å². The molecule has 0 saturated heterocycles. The predicted octanol–water partition coefficient (Wildman–Crippen LogP) is 0.917. The van der Waals surface area contributed by atoms with Crippen LogP contribution in [-0.2, 0) is 4.74 Å². The molecule has 0 aromatic carbocycles. The molecule has 2 heteroatoms. The summed E-state index contributed by atoms with van der Waals surface area (Å²) in [7, 11) is 1.83. The molecule has 0 radical (unpaired) electrons. The van der Waals surface area contributed by atoms with Crippen LogP contribution in [0.4, 0.5) is 0 Å². The van der Waals surface area contributed by atoms with Gasteiger partial charge in [-0.3, -0.25) is 0 Å². The summed E-state index contributed by atoms with van der Waals surface area (Å²) in [5, 5.41) is 3.50. The van der Waals surface area contributed by atoms with Crippen molar-refractivity contribution in [3.05, 3.63) is 0 Å². The van der Waals surface area contributed by atoms with Gasteiger partial charge >= 0.3 is 0 Å². The molecule has 3 aliphatic rings. The summed E-state index contributed by atoms with van der Waals surface area (Å²) in [5.74, 6) is 0. The molecule has 3 aliphatic carbocycles. The van der Waals surface area contributed by atoms with Crippen molar-refractivity contribution in [2.75, 3.05) is 13.7 Å². The third kappa shape index (κ3) is 0.611. The molecule has 3 fully saturated rings. The summed E-state index contributed by atoms with van der Waals surface area (Å²) in [6.45, 7) is 3.26. The molecule has 3 rings (SSSR count). The first-order chi connectivity index (χ1) is 4.74. The van der Waals surface area contributed by atoms with Gasteiger partial charge in [0, 0.05) is 12.6 Å². The maximum absolute atomic E-state index is 5.37. The Morgan fingerprint density at radius 3 is 2.40 bits per heavy atom. The first kappa shape index (κ1) is 6.62. The lowest BCUT2D eigenvalue weighted by molar-refractivity contribution is -0.237. The van der Waals surface area contributed by atoms with E-state index in [-0.39, 0.29) is 0 Å². The molecule has 2 bridgehead atoms. The largest absolute Gasteiger partial charge is 0.378 e. The zero-order chi connectivity index (χ0) is 7.24. The molecule has 2 nitrogen and oxygen atoms in total. The fraction of sp³-hybridized carbons (Fsp3) is 1.00. The third-order valence-corrected chi connectivity index (χ3v) is 2.97. The second-order valence-corrected chi connectivity index (χ2v) is 3.73. The fourth-order valence-electron chi connectivity index (χ4n) is 2.47. The van der Waals surface area contributed by atoms with Crippen molar-refractivity contribution in [1.29, 1.82) is 0 Å². The molecular weight excluding hydrogens is 126 g/mol. The zero-order valence-corrected chi connectivity index (χ0v) is 6.74. The van der Waals surface area contributed by atoms with E-state index in [0.29, 0.717) is 11.1 Å². The van der Waals surface area contributed by atoms with Crippen LogP contribution in [0.2, 0.25) is 0 Å². The van der Waals surface area contributed by atoms with Gasteiger partial charge in [0.1, 0.15) is 0 Å². The van der Waals surface area contributed by atoms with Crippen LogP contribution in [0.1, 0.15) is 26.2 Å². The summed E-state index contributed by atoms with van der Waals surface area (Å²) < 4.78 is 5.37. The van der Waals surface area contributed by atoms with Gasteiger partial charge in [0.15, 0.2) is 0 Å². The van der Waals surface area contributed by atoms with Gasteiger partial charge in [0.25, 0.3) is 0 Å². The molecule has 0 atom stereocenters. The highest BCUT2D eigenvalue weighted by Gasteiger charge is 2.68. The first-order valence-corrected chi connectivity index (χ1v) is 4.04. The Morgan fingerprint density at radius 1 is 1.40 bits per heavy atom. The Bertz CT molecular complexity index is 136. The van der Waals surface area contributed by atoms with Crippen LogP contribution in [0, 0.1) is 0 Å². The minimum absolute atomic E-state index is 0.308. The number of methoxy groups -OCH3 is 1. The maximum atomic E-state index is 5.37. The highest BCUT2D eigenvalue weighted by Crippen LogP contribution is 2.62. The van der Waals surface area contributed by atoms with Gasteiger partial charge < -0.3 is 10.1 Å². The average molecular weight is 141 g/mol. The van der Waals surface area contributed by atoms with E-state index in [4.69, 9.17) is 4.74 Å². The van der Waals surface area contributed by atoms with Gasteiger partial charge in [-0.25, -0.2) is 0 Å². The normalized spacial score (nSPS) is 49.8. The number of hydrogen-bond donors (Lipinski definition) is 1. The molecule has 58 valence electrons. The monoisotopic (exact) mass is 141 g/mol. The topological polar surface area (TPSA) is 21.3 Å². The van der Waals surface area contributed by atoms with Crippen molar-refractivity contribution < 1.29 is 4.74 Å². The zero-order valence-electron chi connectivity index (χ0n) is 6.74. The smallest absolute Gasteiger partial charge is 0.0731 e. The van der Waals surface area contributed by atoms with Crippen molar-refractivity contribution in [3.8, 4) is 0 Å². The average Bonchev–Trinajstić information content (AvgIpc) is 1.74. The van der Waals surface area contributed by atoms with Crippen molar-refractivity contribution >= 4 is 0 Å². The summed E-state index contributed by atoms with van der Waals surface area (Å²) in [4.78, 5) is 0. The summed E-state index contributed by atoms with van der Waals surface area (Å²) in [5.41, 5.74) is 0.812. The Balaban J connectivity index is 1.86. The predicted molar refractivity (Wildman–Crippen MR) is 40.0 cm³/mol. The molecular formula is C8H15NO. The Labute approximate surface area is 61.9 Å². The van der Waals surface area contributed by atoms with Crippen molar-refractivity contribution in [3.63, 3.8) is 0 Å².